The fourth-order valence-corrected chi connectivity index (χ4v) is 7.89. The Morgan fingerprint density at radius 1 is 0.378 bits per heavy atom. The Hall–Kier alpha value is -3.56. The maximum atomic E-state index is 12.2. The smallest absolute Gasteiger partial charge is 0.463 e. The molecule has 0 spiro atoms. The first kappa shape index (κ1) is 70.4. The third-order valence-corrected chi connectivity index (χ3v) is 12.3. The minimum atomic E-state index is -4.82. The molecular weight excluding hydrogens is 987 g/mol. The van der Waals surface area contributed by atoms with Crippen LogP contribution in [0.2, 0.25) is 0 Å². The zero-order valence-electron chi connectivity index (χ0n) is 44.7. The number of carbonyl (C=O) groups is 2. The lowest BCUT2D eigenvalue weighted by Gasteiger charge is -2.19. The lowest BCUT2D eigenvalue weighted by atomic mass is 10.1. The highest BCUT2D eigenvalue weighted by Crippen LogP contribution is 2.45. The fourth-order valence-electron chi connectivity index (χ4n) is 6.30. The molecule has 0 aromatic carbocycles. The standard InChI is InChI=1S/C57H94O15P2/c1-3-5-7-9-11-13-15-17-19-21-23-25-27-29-31-33-35-37-39-41-43-45-56(61)67-47-53(58)49-69-73(63,64)71-51-55(60)52-72-74(65,66)70-50-54(59)48-68-57(62)46-44-42-40-38-36-34-32-30-28-26-24-22-20-18-16-14-12-10-8-6-4-2/h5,7,11-14,17-20,23-26,29,31,35,37,41,43,53-55,58-60H,3-4,6,8-10,15-16,21-22,27-28,30,32-34,36,38-40,42,44-52H2,1-2H3,(H,63,64)(H,65,66)/b7-5-,13-11-,14-12-,19-17-,20-18-,25-23-,26-24-,31-29-,37-35-,43-41-. The van der Waals surface area contributed by atoms with Gasteiger partial charge in [0.05, 0.1) is 32.8 Å². The van der Waals surface area contributed by atoms with Gasteiger partial charge in [-0.1, -0.05) is 187 Å². The van der Waals surface area contributed by atoms with Crippen molar-refractivity contribution in [1.82, 2.24) is 0 Å². The summed E-state index contributed by atoms with van der Waals surface area (Å²) in [6.07, 6.45) is 60.6. The lowest BCUT2D eigenvalue weighted by molar-refractivity contribution is -0.147. The highest BCUT2D eigenvalue weighted by Gasteiger charge is 2.28. The van der Waals surface area contributed by atoms with E-state index in [9.17, 15) is 43.8 Å². The molecule has 74 heavy (non-hydrogen) atoms. The number of esters is 2. The van der Waals surface area contributed by atoms with Crippen molar-refractivity contribution in [2.24, 2.45) is 0 Å². The molecule has 5 N–H and O–H groups in total. The van der Waals surface area contributed by atoms with Gasteiger partial charge in [-0.05, 0) is 89.9 Å². The second-order valence-corrected chi connectivity index (χ2v) is 20.4. The van der Waals surface area contributed by atoms with Gasteiger partial charge in [-0.3, -0.25) is 27.7 Å². The van der Waals surface area contributed by atoms with E-state index >= 15 is 0 Å². The summed E-state index contributed by atoms with van der Waals surface area (Å²) < 4.78 is 53.0. The zero-order chi connectivity index (χ0) is 54.5. The molecule has 0 saturated carbocycles. The van der Waals surface area contributed by atoms with Crippen LogP contribution >= 0.6 is 15.6 Å². The predicted octanol–water partition coefficient (Wildman–Crippen LogP) is 13.4. The summed E-state index contributed by atoms with van der Waals surface area (Å²) in [5.74, 6) is -1.14. The van der Waals surface area contributed by atoms with Crippen molar-refractivity contribution in [3.05, 3.63) is 122 Å². The maximum Gasteiger partial charge on any atom is 0.472 e. The summed E-state index contributed by atoms with van der Waals surface area (Å²) in [5.41, 5.74) is 0. The van der Waals surface area contributed by atoms with Gasteiger partial charge in [-0.25, -0.2) is 9.13 Å². The van der Waals surface area contributed by atoms with E-state index in [1.54, 1.807) is 12.2 Å². The molecule has 0 aromatic rings. The van der Waals surface area contributed by atoms with Crippen LogP contribution in [0.5, 0.6) is 0 Å². The van der Waals surface area contributed by atoms with Crippen LogP contribution in [0.25, 0.3) is 0 Å². The molecule has 0 aliphatic heterocycles. The van der Waals surface area contributed by atoms with E-state index in [0.29, 0.717) is 12.8 Å². The Labute approximate surface area is 444 Å². The topological polar surface area (TPSA) is 225 Å². The number of allylic oxidation sites excluding steroid dienone is 19. The number of phosphoric acid groups is 2. The molecule has 0 rings (SSSR count). The molecule has 422 valence electrons. The van der Waals surface area contributed by atoms with E-state index in [-0.39, 0.29) is 12.8 Å². The highest BCUT2D eigenvalue weighted by atomic mass is 31.2. The number of unbranched alkanes of at least 4 members (excludes halogenated alkanes) is 11. The summed E-state index contributed by atoms with van der Waals surface area (Å²) in [6.45, 7) is 0.138. The van der Waals surface area contributed by atoms with Gasteiger partial charge in [0.1, 0.15) is 31.5 Å². The molecule has 17 heteroatoms. The molecule has 5 atom stereocenters. The summed E-state index contributed by atoms with van der Waals surface area (Å²) >= 11 is 0. The van der Waals surface area contributed by atoms with Crippen molar-refractivity contribution in [3.8, 4) is 0 Å². The molecule has 0 fully saturated rings. The number of aliphatic hydroxyl groups excluding tert-OH is 3. The van der Waals surface area contributed by atoms with Gasteiger partial charge in [0.2, 0.25) is 0 Å². The first-order valence-corrected chi connectivity index (χ1v) is 29.9. The maximum absolute atomic E-state index is 12.2. The molecule has 0 heterocycles. The van der Waals surface area contributed by atoms with Crippen molar-refractivity contribution in [3.63, 3.8) is 0 Å². The second kappa shape index (κ2) is 51.5. The number of hydrogen-bond donors (Lipinski definition) is 5. The number of rotatable bonds is 50. The Kier molecular flexibility index (Phi) is 49.1. The van der Waals surface area contributed by atoms with E-state index in [0.717, 1.165) is 83.5 Å². The third kappa shape index (κ3) is 53.3. The zero-order valence-corrected chi connectivity index (χ0v) is 46.5. The third-order valence-electron chi connectivity index (χ3n) is 10.4. The largest absolute Gasteiger partial charge is 0.472 e. The molecule has 15 nitrogen and oxygen atoms in total. The van der Waals surface area contributed by atoms with Crippen LogP contribution in [-0.4, -0.2) is 95.0 Å². The monoisotopic (exact) mass is 1080 g/mol. The van der Waals surface area contributed by atoms with Crippen LogP contribution in [0, 0.1) is 0 Å². The second-order valence-electron chi connectivity index (χ2n) is 17.5. The van der Waals surface area contributed by atoms with Crippen LogP contribution in [0.4, 0.5) is 0 Å². The molecule has 5 unspecified atom stereocenters. The first-order valence-electron chi connectivity index (χ1n) is 26.9. The SMILES string of the molecule is CC/C=C\C/C=C\C/C=C\C/C=C\C/C=C\C/C=C\C/C=C\CC(=O)OCC(O)COP(=O)(O)OCC(O)COP(=O)(O)OCC(O)COC(=O)CCCCCCCCCC/C=C\C/C=C\C/C=C\CCCCC. The van der Waals surface area contributed by atoms with Crippen LogP contribution in [0.1, 0.15) is 168 Å². The van der Waals surface area contributed by atoms with E-state index in [4.69, 9.17) is 14.0 Å². The van der Waals surface area contributed by atoms with Gasteiger partial charge in [-0.15, -0.1) is 0 Å². The van der Waals surface area contributed by atoms with E-state index in [1.807, 2.05) is 12.2 Å². The minimum Gasteiger partial charge on any atom is -0.463 e. The Bertz CT molecular complexity index is 1780. The quantitative estimate of drug-likeness (QED) is 0.0165. The van der Waals surface area contributed by atoms with Gasteiger partial charge in [0, 0.05) is 6.42 Å². The van der Waals surface area contributed by atoms with Gasteiger partial charge >= 0.3 is 27.6 Å². The summed E-state index contributed by atoms with van der Waals surface area (Å²) in [7, 11) is -9.63. The van der Waals surface area contributed by atoms with E-state index in [1.165, 1.54) is 44.9 Å². The van der Waals surface area contributed by atoms with E-state index in [2.05, 4.69) is 125 Å². The Morgan fingerprint density at radius 3 is 1.05 bits per heavy atom. The first-order chi connectivity index (χ1) is 35.8. The molecule has 0 amide bonds. The highest BCUT2D eigenvalue weighted by molar-refractivity contribution is 7.47. The van der Waals surface area contributed by atoms with Crippen LogP contribution in [0.3, 0.4) is 0 Å². The lowest BCUT2D eigenvalue weighted by Crippen LogP contribution is -2.25. The summed E-state index contributed by atoms with van der Waals surface area (Å²) in [4.78, 5) is 43.8. The van der Waals surface area contributed by atoms with Gasteiger partial charge < -0.3 is 34.6 Å². The summed E-state index contributed by atoms with van der Waals surface area (Å²) in [5, 5.41) is 30.1. The van der Waals surface area contributed by atoms with Crippen molar-refractivity contribution in [2.75, 3.05) is 39.6 Å². The molecule has 0 saturated heterocycles. The molecule has 0 radical (unpaired) electrons. The van der Waals surface area contributed by atoms with Gasteiger partial charge in [0.25, 0.3) is 0 Å². The normalized spacial score (nSPS) is 15.7. The van der Waals surface area contributed by atoms with Gasteiger partial charge in [-0.2, -0.15) is 0 Å². The average Bonchev–Trinajstić information content (AvgIpc) is 3.38. The van der Waals surface area contributed by atoms with Crippen molar-refractivity contribution >= 4 is 27.6 Å². The van der Waals surface area contributed by atoms with Crippen LogP contribution in [0.15, 0.2) is 122 Å². The number of carbonyl (C=O) groups excluding carboxylic acids is 2. The minimum absolute atomic E-state index is 0.0449. The predicted molar refractivity (Wildman–Crippen MR) is 297 cm³/mol. The van der Waals surface area contributed by atoms with Crippen molar-refractivity contribution < 1.29 is 71.4 Å². The van der Waals surface area contributed by atoms with Gasteiger partial charge in [0.15, 0.2) is 0 Å². The Morgan fingerprint density at radius 2 is 0.676 bits per heavy atom. The number of phosphoric ester groups is 2. The number of aliphatic hydroxyl groups is 3. The van der Waals surface area contributed by atoms with Crippen LogP contribution in [-0.2, 0) is 46.3 Å². The number of hydrogen-bond acceptors (Lipinski definition) is 13. The molecule has 0 aliphatic carbocycles. The molecular formula is C57H94O15P2. The molecule has 0 aromatic heterocycles. The van der Waals surface area contributed by atoms with Crippen LogP contribution < -0.4 is 0 Å². The molecule has 0 bridgehead atoms. The summed E-state index contributed by atoms with van der Waals surface area (Å²) in [6, 6.07) is 0. The molecule has 0 aliphatic rings. The number of ether oxygens (including phenoxy) is 2. The van der Waals surface area contributed by atoms with E-state index < -0.39 is 85.5 Å². The van der Waals surface area contributed by atoms with Crippen molar-refractivity contribution in [2.45, 2.75) is 186 Å². The Balaban J connectivity index is 3.96. The van der Waals surface area contributed by atoms with Crippen molar-refractivity contribution in [1.29, 1.82) is 0 Å². The fraction of sp³-hybridized carbons (Fsp3) is 0.614. The average molecular weight is 1080 g/mol.